The van der Waals surface area contributed by atoms with Gasteiger partial charge < -0.3 is 10.3 Å². The Balaban J connectivity index is 1.81. The Kier molecular flexibility index (Phi) is 4.13. The van der Waals surface area contributed by atoms with E-state index in [4.69, 9.17) is 11.6 Å². The molecule has 1 heterocycles. The lowest BCUT2D eigenvalue weighted by Gasteiger charge is -2.14. The molecule has 0 saturated heterocycles. The first kappa shape index (κ1) is 16.6. The van der Waals surface area contributed by atoms with Crippen LogP contribution in [0, 0.1) is 0 Å². The van der Waals surface area contributed by atoms with Gasteiger partial charge in [-0.1, -0.05) is 17.7 Å². The van der Waals surface area contributed by atoms with Crippen molar-refractivity contribution in [2.45, 2.75) is 25.1 Å². The Hall–Kier alpha value is -2.28. The van der Waals surface area contributed by atoms with E-state index in [1.165, 1.54) is 0 Å². The van der Waals surface area contributed by atoms with Gasteiger partial charge in [-0.25, -0.2) is 0 Å². The number of alkyl halides is 3. The highest BCUT2D eigenvalue weighted by atomic mass is 35.5. The minimum absolute atomic E-state index is 0.300. The van der Waals surface area contributed by atoms with Gasteiger partial charge in [-0.15, -0.1) is 0 Å². The summed E-state index contributed by atoms with van der Waals surface area (Å²) in [5.74, 6) is -0.710. The molecule has 2 N–H and O–H groups in total. The molecule has 24 heavy (non-hydrogen) atoms. The number of carbonyl (C=O) groups is 1. The number of hydrogen-bond acceptors (Lipinski definition) is 2. The van der Waals surface area contributed by atoms with Crippen molar-refractivity contribution in [3.05, 3.63) is 68.1 Å². The molecule has 0 saturated carbocycles. The second kappa shape index (κ2) is 5.98. The van der Waals surface area contributed by atoms with Crippen molar-refractivity contribution >= 4 is 17.5 Å². The van der Waals surface area contributed by atoms with E-state index in [0.717, 1.165) is 23.6 Å². The Bertz CT molecular complexity index is 861. The fourth-order valence-corrected chi connectivity index (χ4v) is 2.98. The maximum atomic E-state index is 12.5. The predicted octanol–water partition coefficient (Wildman–Crippen LogP) is 3.46. The molecule has 1 aliphatic rings. The predicted molar refractivity (Wildman–Crippen MR) is 82.0 cm³/mol. The smallest absolute Gasteiger partial charge is 0.345 e. The molecule has 0 spiro atoms. The van der Waals surface area contributed by atoms with Crippen molar-refractivity contribution in [1.29, 1.82) is 0 Å². The van der Waals surface area contributed by atoms with Crippen molar-refractivity contribution in [3.8, 4) is 0 Å². The second-order valence-electron chi connectivity index (χ2n) is 5.52. The van der Waals surface area contributed by atoms with Crippen LogP contribution < -0.4 is 10.9 Å². The van der Waals surface area contributed by atoms with Crippen LogP contribution in [0.4, 0.5) is 13.2 Å². The first-order chi connectivity index (χ1) is 11.3. The number of halogens is 4. The Morgan fingerprint density at radius 3 is 2.67 bits per heavy atom. The molecule has 1 aliphatic carbocycles. The SMILES string of the molecule is O=C(NC1CCc2cc(Cl)ccc21)c1ccc(C(F)(F)F)[nH]c1=O. The first-order valence-electron chi connectivity index (χ1n) is 7.15. The molecule has 1 unspecified atom stereocenters. The summed E-state index contributed by atoms with van der Waals surface area (Å²) in [5.41, 5.74) is -0.711. The highest BCUT2D eigenvalue weighted by Gasteiger charge is 2.32. The lowest BCUT2D eigenvalue weighted by molar-refractivity contribution is -0.141. The standard InChI is InChI=1S/C16H12ClF3N2O2/c17-9-2-3-10-8(7-9)1-5-12(10)21-14(23)11-4-6-13(16(18,19)20)22-15(11)24/h2-4,6-7,12H,1,5H2,(H,21,23)(H,22,24). The number of nitrogens with one attached hydrogen (secondary N) is 2. The number of hydrogen-bond donors (Lipinski definition) is 2. The largest absolute Gasteiger partial charge is 0.431 e. The topological polar surface area (TPSA) is 62.0 Å². The van der Waals surface area contributed by atoms with E-state index in [-0.39, 0.29) is 11.6 Å². The number of benzene rings is 1. The Morgan fingerprint density at radius 1 is 1.25 bits per heavy atom. The number of aromatic amines is 1. The molecule has 2 aromatic rings. The van der Waals surface area contributed by atoms with E-state index < -0.39 is 23.3 Å². The zero-order chi connectivity index (χ0) is 17.5. The number of rotatable bonds is 2. The molecule has 0 bridgehead atoms. The Labute approximate surface area is 139 Å². The maximum absolute atomic E-state index is 12.5. The van der Waals surface area contributed by atoms with E-state index >= 15 is 0 Å². The zero-order valence-electron chi connectivity index (χ0n) is 12.2. The van der Waals surface area contributed by atoms with Gasteiger partial charge in [0.1, 0.15) is 11.3 Å². The highest BCUT2D eigenvalue weighted by Crippen LogP contribution is 2.33. The molecule has 4 nitrogen and oxygen atoms in total. The fourth-order valence-electron chi connectivity index (χ4n) is 2.79. The molecule has 0 aliphatic heterocycles. The first-order valence-corrected chi connectivity index (χ1v) is 7.53. The van der Waals surface area contributed by atoms with Gasteiger partial charge >= 0.3 is 6.18 Å². The average Bonchev–Trinajstić information content (AvgIpc) is 2.88. The summed E-state index contributed by atoms with van der Waals surface area (Å²) in [6.07, 6.45) is -3.30. The quantitative estimate of drug-likeness (QED) is 0.865. The van der Waals surface area contributed by atoms with Crippen LogP contribution in [-0.4, -0.2) is 10.9 Å². The minimum atomic E-state index is -4.67. The molecule has 0 fully saturated rings. The summed E-state index contributed by atoms with van der Waals surface area (Å²) < 4.78 is 37.6. The number of aryl methyl sites for hydroxylation is 1. The lowest BCUT2D eigenvalue weighted by atomic mass is 10.1. The van der Waals surface area contributed by atoms with Crippen molar-refractivity contribution in [3.63, 3.8) is 0 Å². The zero-order valence-corrected chi connectivity index (χ0v) is 13.0. The minimum Gasteiger partial charge on any atom is -0.345 e. The molecule has 126 valence electrons. The van der Waals surface area contributed by atoms with Crippen LogP contribution in [0.2, 0.25) is 5.02 Å². The van der Waals surface area contributed by atoms with Gasteiger partial charge in [0.15, 0.2) is 0 Å². The van der Waals surface area contributed by atoms with Gasteiger partial charge in [0, 0.05) is 5.02 Å². The van der Waals surface area contributed by atoms with E-state index in [0.29, 0.717) is 17.5 Å². The number of fused-ring (bicyclic) bond motifs is 1. The van der Waals surface area contributed by atoms with Crippen LogP contribution in [0.25, 0.3) is 0 Å². The van der Waals surface area contributed by atoms with Crippen LogP contribution in [0.5, 0.6) is 0 Å². The van der Waals surface area contributed by atoms with Gasteiger partial charge in [-0.2, -0.15) is 13.2 Å². The highest BCUT2D eigenvalue weighted by molar-refractivity contribution is 6.30. The molecular formula is C16H12ClF3N2O2. The summed E-state index contributed by atoms with van der Waals surface area (Å²) in [7, 11) is 0. The van der Waals surface area contributed by atoms with Crippen LogP contribution in [0.1, 0.15) is 39.6 Å². The molecule has 8 heteroatoms. The lowest BCUT2D eigenvalue weighted by Crippen LogP contribution is -2.32. The third-order valence-corrected chi connectivity index (χ3v) is 4.18. The molecule has 0 radical (unpaired) electrons. The van der Waals surface area contributed by atoms with Crippen LogP contribution >= 0.6 is 11.6 Å². The van der Waals surface area contributed by atoms with Gasteiger partial charge in [-0.05, 0) is 48.2 Å². The number of carbonyl (C=O) groups excluding carboxylic acids is 1. The third kappa shape index (κ3) is 3.17. The Morgan fingerprint density at radius 2 is 2.00 bits per heavy atom. The van der Waals surface area contributed by atoms with Crippen LogP contribution in [0.3, 0.4) is 0 Å². The average molecular weight is 357 g/mol. The molecule has 1 atom stereocenters. The summed E-state index contributed by atoms with van der Waals surface area (Å²) in [6, 6.07) is 6.58. The summed E-state index contributed by atoms with van der Waals surface area (Å²) in [5, 5.41) is 3.28. The van der Waals surface area contributed by atoms with Crippen LogP contribution in [0.15, 0.2) is 35.1 Å². The number of pyridine rings is 1. The normalized spacial score (nSPS) is 16.8. The molecule has 1 amide bonds. The summed E-state index contributed by atoms with van der Waals surface area (Å²) >= 11 is 5.92. The number of amides is 1. The van der Waals surface area contributed by atoms with Gasteiger partial charge in [0.25, 0.3) is 11.5 Å². The number of aromatic nitrogens is 1. The van der Waals surface area contributed by atoms with Gasteiger partial charge in [0.2, 0.25) is 0 Å². The van der Waals surface area contributed by atoms with Crippen molar-refractivity contribution in [2.75, 3.05) is 0 Å². The van der Waals surface area contributed by atoms with Crippen molar-refractivity contribution < 1.29 is 18.0 Å². The fraction of sp³-hybridized carbons (Fsp3) is 0.250. The van der Waals surface area contributed by atoms with Crippen molar-refractivity contribution in [1.82, 2.24) is 10.3 Å². The molecule has 1 aromatic carbocycles. The molecule has 1 aromatic heterocycles. The van der Waals surface area contributed by atoms with Crippen LogP contribution in [-0.2, 0) is 12.6 Å². The van der Waals surface area contributed by atoms with E-state index in [2.05, 4.69) is 5.32 Å². The van der Waals surface area contributed by atoms with E-state index in [1.54, 1.807) is 17.1 Å². The monoisotopic (exact) mass is 356 g/mol. The molecule has 3 rings (SSSR count). The summed E-state index contributed by atoms with van der Waals surface area (Å²) in [4.78, 5) is 25.7. The summed E-state index contributed by atoms with van der Waals surface area (Å²) in [6.45, 7) is 0. The second-order valence-corrected chi connectivity index (χ2v) is 5.96. The van der Waals surface area contributed by atoms with Gasteiger partial charge in [-0.3, -0.25) is 9.59 Å². The molecular weight excluding hydrogens is 345 g/mol. The van der Waals surface area contributed by atoms with Crippen molar-refractivity contribution in [2.24, 2.45) is 0 Å². The maximum Gasteiger partial charge on any atom is 0.431 e. The van der Waals surface area contributed by atoms with E-state index in [9.17, 15) is 22.8 Å². The van der Waals surface area contributed by atoms with E-state index in [1.807, 2.05) is 6.07 Å². The third-order valence-electron chi connectivity index (χ3n) is 3.95. The van der Waals surface area contributed by atoms with Gasteiger partial charge in [0.05, 0.1) is 6.04 Å². The number of H-pyrrole nitrogens is 1.